The third kappa shape index (κ3) is 5.01. The Kier molecular flexibility index (Phi) is 6.70. The molecule has 1 aliphatic heterocycles. The first-order chi connectivity index (χ1) is 18.0. The van der Waals surface area contributed by atoms with Crippen molar-refractivity contribution >= 4 is 23.6 Å². The number of carboxylic acids is 1. The number of carboxylic acid groups (broad SMARTS) is 1. The highest BCUT2D eigenvalue weighted by molar-refractivity contribution is 6.07. The van der Waals surface area contributed by atoms with E-state index in [1.165, 1.54) is 19.1 Å². The van der Waals surface area contributed by atoms with Crippen LogP contribution < -0.4 is 15.0 Å². The number of rotatable bonds is 6. The van der Waals surface area contributed by atoms with Crippen molar-refractivity contribution in [3.63, 3.8) is 0 Å². The SMILES string of the molecule is C[C@H](NC(=O)N(C1CC1)[C@H]1c2ccccc2N(C(=O)c2ccc(OC(F)(F)F)cc2)[C@@H]2CCC[C@@H]21)C(=O)O. The first-order valence-corrected chi connectivity index (χ1v) is 12.6. The Bertz CT molecular complexity index is 1230. The van der Waals surface area contributed by atoms with Crippen LogP contribution in [-0.4, -0.2) is 52.4 Å². The summed E-state index contributed by atoms with van der Waals surface area (Å²) in [6.07, 6.45) is -0.863. The topological polar surface area (TPSA) is 99.2 Å². The van der Waals surface area contributed by atoms with E-state index < -0.39 is 30.2 Å². The lowest BCUT2D eigenvalue weighted by Crippen LogP contribution is -2.55. The van der Waals surface area contributed by atoms with Crippen LogP contribution in [0.3, 0.4) is 0 Å². The predicted octanol–water partition coefficient (Wildman–Crippen LogP) is 5.10. The number of carbonyl (C=O) groups is 3. The predicted molar refractivity (Wildman–Crippen MR) is 131 cm³/mol. The molecule has 0 spiro atoms. The number of para-hydroxylation sites is 1. The molecule has 0 bridgehead atoms. The maximum absolute atomic E-state index is 13.8. The minimum absolute atomic E-state index is 0.0151. The summed E-state index contributed by atoms with van der Waals surface area (Å²) in [5.74, 6) is -1.95. The van der Waals surface area contributed by atoms with Gasteiger partial charge >= 0.3 is 18.4 Å². The average Bonchev–Trinajstić information content (AvgIpc) is 3.58. The molecule has 2 saturated carbocycles. The minimum Gasteiger partial charge on any atom is -0.480 e. The maximum atomic E-state index is 13.8. The molecule has 3 aliphatic rings. The molecule has 1 heterocycles. The number of alkyl halides is 3. The molecule has 5 rings (SSSR count). The summed E-state index contributed by atoms with van der Waals surface area (Å²) in [5, 5.41) is 11.9. The van der Waals surface area contributed by atoms with Gasteiger partial charge in [-0.15, -0.1) is 13.2 Å². The number of urea groups is 1. The Balaban J connectivity index is 1.50. The largest absolute Gasteiger partial charge is 0.573 e. The number of nitrogens with one attached hydrogen (secondary N) is 1. The zero-order valence-corrected chi connectivity index (χ0v) is 20.6. The van der Waals surface area contributed by atoms with Gasteiger partial charge in [0.25, 0.3) is 5.91 Å². The van der Waals surface area contributed by atoms with Crippen molar-refractivity contribution in [2.45, 2.75) is 69.6 Å². The molecule has 0 saturated heterocycles. The number of hydrogen-bond donors (Lipinski definition) is 2. The molecule has 2 aromatic rings. The van der Waals surface area contributed by atoms with Gasteiger partial charge in [0.15, 0.2) is 0 Å². The maximum Gasteiger partial charge on any atom is 0.573 e. The molecule has 11 heteroatoms. The number of aliphatic carboxylic acids is 1. The van der Waals surface area contributed by atoms with Crippen molar-refractivity contribution in [3.8, 4) is 5.75 Å². The third-order valence-electron chi connectivity index (χ3n) is 7.52. The van der Waals surface area contributed by atoms with Crippen LogP contribution in [0.25, 0.3) is 0 Å². The summed E-state index contributed by atoms with van der Waals surface area (Å²) in [4.78, 5) is 42.1. The van der Waals surface area contributed by atoms with Crippen LogP contribution in [0.1, 0.15) is 61.0 Å². The van der Waals surface area contributed by atoms with Gasteiger partial charge in [-0.25, -0.2) is 4.79 Å². The Labute approximate surface area is 217 Å². The number of anilines is 1. The lowest BCUT2D eigenvalue weighted by atomic mass is 9.81. The first kappa shape index (κ1) is 25.9. The van der Waals surface area contributed by atoms with Crippen molar-refractivity contribution in [2.24, 2.45) is 5.92 Å². The summed E-state index contributed by atoms with van der Waals surface area (Å²) < 4.78 is 41.7. The third-order valence-corrected chi connectivity index (χ3v) is 7.52. The van der Waals surface area contributed by atoms with Crippen LogP contribution in [0.5, 0.6) is 5.75 Å². The fourth-order valence-electron chi connectivity index (χ4n) is 5.77. The number of benzene rings is 2. The van der Waals surface area contributed by atoms with Crippen LogP contribution in [-0.2, 0) is 4.79 Å². The average molecular weight is 532 g/mol. The van der Waals surface area contributed by atoms with Crippen LogP contribution >= 0.6 is 0 Å². The molecule has 0 radical (unpaired) electrons. The lowest BCUT2D eigenvalue weighted by molar-refractivity contribution is -0.274. The van der Waals surface area contributed by atoms with E-state index in [2.05, 4.69) is 10.1 Å². The van der Waals surface area contributed by atoms with E-state index >= 15 is 0 Å². The highest BCUT2D eigenvalue weighted by Gasteiger charge is 2.51. The summed E-state index contributed by atoms with van der Waals surface area (Å²) in [5.41, 5.74) is 1.67. The van der Waals surface area contributed by atoms with E-state index in [-0.39, 0.29) is 35.5 Å². The normalized spacial score (nSPS) is 23.2. The van der Waals surface area contributed by atoms with Crippen molar-refractivity contribution in [1.82, 2.24) is 10.2 Å². The molecular formula is C27H28F3N3O5. The molecule has 4 atom stereocenters. The lowest BCUT2D eigenvalue weighted by Gasteiger charge is -2.47. The van der Waals surface area contributed by atoms with Crippen molar-refractivity contribution < 1.29 is 37.4 Å². The minimum atomic E-state index is -4.83. The van der Waals surface area contributed by atoms with Gasteiger partial charge in [0.1, 0.15) is 11.8 Å². The molecule has 202 valence electrons. The summed E-state index contributed by atoms with van der Waals surface area (Å²) in [7, 11) is 0. The van der Waals surface area contributed by atoms with Crippen LogP contribution in [0, 0.1) is 5.92 Å². The number of fused-ring (bicyclic) bond motifs is 2. The molecule has 8 nitrogen and oxygen atoms in total. The Hall–Kier alpha value is -3.76. The standard InChI is InChI=1S/C27H28F3N3O5/c1-15(25(35)36)31-26(37)32(17-11-12-17)23-19-5-2-3-7-21(19)33(22-8-4-6-20(22)23)24(34)16-9-13-18(14-10-16)38-27(28,29)30/h2-3,5,7,9-10,13-15,17,20,22-23H,4,6,8,11-12H2,1H3,(H,31,37)(H,35,36)/t15-,20-,22+,23-/m0/s1. The van der Waals surface area contributed by atoms with Gasteiger partial charge in [0.2, 0.25) is 0 Å². The zero-order valence-electron chi connectivity index (χ0n) is 20.6. The molecular weight excluding hydrogens is 503 g/mol. The monoisotopic (exact) mass is 531 g/mol. The Morgan fingerprint density at radius 1 is 1.05 bits per heavy atom. The van der Waals surface area contributed by atoms with Gasteiger partial charge < -0.3 is 25.0 Å². The highest BCUT2D eigenvalue weighted by Crippen LogP contribution is 2.52. The van der Waals surface area contributed by atoms with E-state index in [9.17, 15) is 32.7 Å². The smallest absolute Gasteiger partial charge is 0.480 e. The van der Waals surface area contributed by atoms with E-state index in [1.807, 2.05) is 18.2 Å². The van der Waals surface area contributed by atoms with Crippen LogP contribution in [0.15, 0.2) is 48.5 Å². The molecule has 38 heavy (non-hydrogen) atoms. The second-order valence-corrected chi connectivity index (χ2v) is 10.1. The van der Waals surface area contributed by atoms with Crippen molar-refractivity contribution in [2.75, 3.05) is 4.90 Å². The Morgan fingerprint density at radius 3 is 2.37 bits per heavy atom. The number of nitrogens with zero attached hydrogens (tertiary/aromatic N) is 2. The molecule has 2 N–H and O–H groups in total. The van der Waals surface area contributed by atoms with Gasteiger partial charge in [-0.2, -0.15) is 0 Å². The number of carbonyl (C=O) groups excluding carboxylic acids is 2. The van der Waals surface area contributed by atoms with E-state index in [4.69, 9.17) is 0 Å². The fourth-order valence-corrected chi connectivity index (χ4v) is 5.77. The number of halogens is 3. The number of ether oxygens (including phenoxy) is 1. The Morgan fingerprint density at radius 2 is 1.74 bits per heavy atom. The highest BCUT2D eigenvalue weighted by atomic mass is 19.4. The van der Waals surface area contributed by atoms with Gasteiger partial charge in [0, 0.05) is 29.3 Å². The van der Waals surface area contributed by atoms with Crippen molar-refractivity contribution in [3.05, 3.63) is 59.7 Å². The number of hydrogen-bond acceptors (Lipinski definition) is 4. The quantitative estimate of drug-likeness (QED) is 0.540. The second kappa shape index (κ2) is 9.85. The van der Waals surface area contributed by atoms with E-state index in [0.29, 0.717) is 12.1 Å². The summed E-state index contributed by atoms with van der Waals surface area (Å²) in [6.45, 7) is 1.42. The molecule has 0 unspecified atom stereocenters. The summed E-state index contributed by atoms with van der Waals surface area (Å²) in [6, 6.07) is 10.2. The molecule has 2 aromatic carbocycles. The molecule has 2 fully saturated rings. The molecule has 0 aromatic heterocycles. The molecule has 3 amide bonds. The second-order valence-electron chi connectivity index (χ2n) is 10.1. The first-order valence-electron chi connectivity index (χ1n) is 12.6. The van der Waals surface area contributed by atoms with Gasteiger partial charge in [-0.1, -0.05) is 24.6 Å². The van der Waals surface area contributed by atoms with Crippen molar-refractivity contribution in [1.29, 1.82) is 0 Å². The van der Waals surface area contributed by atoms with Crippen LogP contribution in [0.4, 0.5) is 23.7 Å². The number of amides is 3. The molecule has 2 aliphatic carbocycles. The van der Waals surface area contributed by atoms with Gasteiger partial charge in [-0.05, 0) is 68.5 Å². The van der Waals surface area contributed by atoms with Crippen LogP contribution in [0.2, 0.25) is 0 Å². The zero-order chi connectivity index (χ0) is 27.2. The fraction of sp³-hybridized carbons (Fsp3) is 0.444. The van der Waals surface area contributed by atoms with Gasteiger partial charge in [-0.3, -0.25) is 9.59 Å². The van der Waals surface area contributed by atoms with Gasteiger partial charge in [0.05, 0.1) is 6.04 Å². The van der Waals surface area contributed by atoms with E-state index in [0.717, 1.165) is 43.4 Å². The summed E-state index contributed by atoms with van der Waals surface area (Å²) >= 11 is 0. The van der Waals surface area contributed by atoms with E-state index in [1.54, 1.807) is 15.9 Å².